The fraction of sp³-hybridized carbons (Fsp3) is 0.857. The van der Waals surface area contributed by atoms with Crippen LogP contribution in [-0.2, 0) is 14.2 Å². The predicted octanol–water partition coefficient (Wildman–Crippen LogP) is 1.39. The van der Waals surface area contributed by atoms with Crippen molar-refractivity contribution in [3.63, 3.8) is 0 Å². The summed E-state index contributed by atoms with van der Waals surface area (Å²) in [5.74, 6) is -0.582. The van der Waals surface area contributed by atoms with Crippen molar-refractivity contribution >= 4 is 19.8 Å². The monoisotopic (exact) mass is 320 g/mol. The third-order valence-electron chi connectivity index (χ3n) is 3.13. The number of likely N-dealkylation sites (N-methyl/N-ethyl adjacent to an activating group) is 1. The maximum atomic E-state index is 12.3. The van der Waals surface area contributed by atoms with Gasteiger partial charge in [-0.1, -0.05) is 27.7 Å². The molecular weight excluding hydrogens is 291 g/mol. The third kappa shape index (κ3) is 8.89. The Balaban J connectivity index is 4.87. The molecule has 0 heterocycles. The fourth-order valence-corrected chi connectivity index (χ4v) is 3.00. The van der Waals surface area contributed by atoms with Crippen molar-refractivity contribution in [2.75, 3.05) is 13.2 Å². The van der Waals surface area contributed by atoms with E-state index < -0.39 is 20.0 Å². The number of carbonyl (C=O) groups excluding carboxylic acids is 2. The van der Waals surface area contributed by atoms with Gasteiger partial charge in [0.25, 0.3) is 0 Å². The molecule has 7 heteroatoms. The number of amides is 2. The summed E-state index contributed by atoms with van der Waals surface area (Å²) >= 11 is 0. The first-order valence-electron chi connectivity index (χ1n) is 7.41. The molecule has 6 nitrogen and oxygen atoms in total. The largest absolute Gasteiger partial charge is 0.357 e. The van der Waals surface area contributed by atoms with E-state index in [2.05, 4.69) is 10.6 Å². The lowest BCUT2D eigenvalue weighted by atomic mass is 9.96. The summed E-state index contributed by atoms with van der Waals surface area (Å²) in [5.41, 5.74) is 0. The second-order valence-electron chi connectivity index (χ2n) is 6.23. The van der Waals surface area contributed by atoms with Gasteiger partial charge in [-0.25, -0.2) is 0 Å². The molecule has 0 bridgehead atoms. The zero-order chi connectivity index (χ0) is 16.6. The van der Waals surface area contributed by atoms with Crippen LogP contribution in [0.25, 0.3) is 0 Å². The highest BCUT2D eigenvalue weighted by Crippen LogP contribution is 2.24. The van der Waals surface area contributed by atoms with Crippen LogP contribution in [0, 0.1) is 17.8 Å². The summed E-state index contributed by atoms with van der Waals surface area (Å²) in [4.78, 5) is 33.2. The Bertz CT molecular complexity index is 372. The number of nitrogens with one attached hydrogen (secondary N) is 2. The molecule has 21 heavy (non-hydrogen) atoms. The Kier molecular flexibility index (Phi) is 9.54. The highest BCUT2D eigenvalue weighted by Gasteiger charge is 2.27. The highest BCUT2D eigenvalue weighted by molar-refractivity contribution is 7.38. The number of carbonyl (C=O) groups is 2. The van der Waals surface area contributed by atoms with Crippen LogP contribution in [0.2, 0.25) is 0 Å². The normalized spacial score (nSPS) is 15.6. The molecule has 0 aromatic heterocycles. The zero-order valence-corrected chi connectivity index (χ0v) is 14.6. The molecule has 1 unspecified atom stereocenters. The Morgan fingerprint density at radius 1 is 1.05 bits per heavy atom. The average Bonchev–Trinajstić information content (AvgIpc) is 2.34. The highest BCUT2D eigenvalue weighted by atomic mass is 31.1. The molecule has 0 aliphatic heterocycles. The first kappa shape index (κ1) is 20.1. The minimum Gasteiger partial charge on any atom is -0.357 e. The Labute approximate surface area is 127 Å². The summed E-state index contributed by atoms with van der Waals surface area (Å²) in [7, 11) is -1.19. The van der Waals surface area contributed by atoms with E-state index in [0.29, 0.717) is 12.8 Å². The molecule has 0 fully saturated rings. The smallest absolute Gasteiger partial charge is 0.242 e. The molecule has 0 spiro atoms. The van der Waals surface area contributed by atoms with Crippen molar-refractivity contribution in [2.24, 2.45) is 17.8 Å². The van der Waals surface area contributed by atoms with Crippen LogP contribution in [0.5, 0.6) is 0 Å². The Morgan fingerprint density at radius 3 is 1.95 bits per heavy atom. The van der Waals surface area contributed by atoms with Crippen LogP contribution in [0.3, 0.4) is 0 Å². The molecule has 3 atom stereocenters. The van der Waals surface area contributed by atoms with E-state index >= 15 is 0 Å². The summed E-state index contributed by atoms with van der Waals surface area (Å²) in [6.45, 7) is 7.86. The van der Waals surface area contributed by atoms with Gasteiger partial charge >= 0.3 is 0 Å². The standard InChI is InChI=1S/C14H29N2O4P/c1-9(2)6-11(8-21(19)20)13(17)16-12(7-10(3)4)14(18)15-5/h9-12,21H,6-8H2,1-5H3,(H,15,18)(H,16,17)(H,19,20)/t11-,12+/m1/s1. The van der Waals surface area contributed by atoms with Crippen molar-refractivity contribution in [1.29, 1.82) is 0 Å². The maximum absolute atomic E-state index is 12.3. The van der Waals surface area contributed by atoms with Crippen LogP contribution < -0.4 is 10.6 Å². The third-order valence-corrected chi connectivity index (χ3v) is 3.98. The van der Waals surface area contributed by atoms with Crippen LogP contribution in [0.15, 0.2) is 0 Å². The molecule has 0 saturated heterocycles. The molecule has 0 radical (unpaired) electrons. The van der Waals surface area contributed by atoms with Gasteiger partial charge in [0.2, 0.25) is 11.8 Å². The van der Waals surface area contributed by atoms with Crippen molar-refractivity contribution in [3.8, 4) is 0 Å². The molecular formula is C14H29N2O4P. The maximum Gasteiger partial charge on any atom is 0.242 e. The van der Waals surface area contributed by atoms with Crippen molar-refractivity contribution in [3.05, 3.63) is 0 Å². The lowest BCUT2D eigenvalue weighted by Gasteiger charge is -2.23. The van der Waals surface area contributed by atoms with Crippen molar-refractivity contribution in [1.82, 2.24) is 10.6 Å². The van der Waals surface area contributed by atoms with Gasteiger partial charge in [-0.2, -0.15) is 0 Å². The Morgan fingerprint density at radius 2 is 1.57 bits per heavy atom. The van der Waals surface area contributed by atoms with Crippen LogP contribution in [0.4, 0.5) is 0 Å². The summed E-state index contributed by atoms with van der Waals surface area (Å²) in [5, 5.41) is 5.26. The minimum atomic E-state index is -2.72. The van der Waals surface area contributed by atoms with Gasteiger partial charge in [0.15, 0.2) is 8.03 Å². The van der Waals surface area contributed by atoms with E-state index in [1.807, 2.05) is 27.7 Å². The van der Waals surface area contributed by atoms with E-state index in [-0.39, 0.29) is 29.8 Å². The van der Waals surface area contributed by atoms with Crippen LogP contribution in [-0.4, -0.2) is 36.0 Å². The van der Waals surface area contributed by atoms with Gasteiger partial charge in [-0.3, -0.25) is 14.2 Å². The predicted molar refractivity (Wildman–Crippen MR) is 84.5 cm³/mol. The quantitative estimate of drug-likeness (QED) is 0.560. The molecule has 3 N–H and O–H groups in total. The fourth-order valence-electron chi connectivity index (χ4n) is 2.23. The molecule has 124 valence electrons. The molecule has 0 aromatic carbocycles. The SMILES string of the molecule is CNC(=O)[C@H](CC(C)C)NC(=O)[C@H](CC(C)C)C[PH](=O)O. The molecule has 0 aliphatic rings. The van der Waals surface area contributed by atoms with Gasteiger partial charge in [0.1, 0.15) is 6.04 Å². The number of hydrogen-bond donors (Lipinski definition) is 3. The molecule has 0 saturated carbocycles. The zero-order valence-electron chi connectivity index (χ0n) is 13.6. The van der Waals surface area contributed by atoms with Crippen LogP contribution >= 0.6 is 8.03 Å². The van der Waals surface area contributed by atoms with Crippen molar-refractivity contribution < 1.29 is 19.0 Å². The van der Waals surface area contributed by atoms with Gasteiger partial charge in [0, 0.05) is 19.1 Å². The first-order chi connectivity index (χ1) is 9.67. The van der Waals surface area contributed by atoms with Gasteiger partial charge in [-0.05, 0) is 24.7 Å². The van der Waals surface area contributed by atoms with Gasteiger partial charge in [0.05, 0.1) is 0 Å². The second kappa shape index (κ2) is 9.96. The van der Waals surface area contributed by atoms with E-state index in [9.17, 15) is 14.2 Å². The van der Waals surface area contributed by atoms with Gasteiger partial charge < -0.3 is 15.5 Å². The summed E-state index contributed by atoms with van der Waals surface area (Å²) < 4.78 is 11.1. The molecule has 0 aliphatic carbocycles. The lowest BCUT2D eigenvalue weighted by molar-refractivity contribution is -0.131. The number of hydrogen-bond acceptors (Lipinski definition) is 3. The average molecular weight is 320 g/mol. The summed E-state index contributed by atoms with van der Waals surface area (Å²) in [6.07, 6.45) is 1.04. The van der Waals surface area contributed by atoms with Crippen LogP contribution in [0.1, 0.15) is 40.5 Å². The topological polar surface area (TPSA) is 95.5 Å². The Hall–Kier alpha value is -0.870. The second-order valence-corrected chi connectivity index (χ2v) is 7.43. The van der Waals surface area contributed by atoms with E-state index in [4.69, 9.17) is 4.89 Å². The minimum absolute atomic E-state index is 0.0309. The molecule has 2 amide bonds. The molecule has 0 rings (SSSR count). The van der Waals surface area contributed by atoms with E-state index in [1.165, 1.54) is 7.05 Å². The first-order valence-corrected chi connectivity index (χ1v) is 8.97. The number of rotatable bonds is 9. The lowest BCUT2D eigenvalue weighted by Crippen LogP contribution is -2.48. The van der Waals surface area contributed by atoms with E-state index in [1.54, 1.807) is 0 Å². The van der Waals surface area contributed by atoms with E-state index in [0.717, 1.165) is 0 Å². The van der Waals surface area contributed by atoms with Gasteiger partial charge in [-0.15, -0.1) is 0 Å². The van der Waals surface area contributed by atoms with Crippen molar-refractivity contribution in [2.45, 2.75) is 46.6 Å². The summed E-state index contributed by atoms with van der Waals surface area (Å²) in [6, 6.07) is -0.599. The molecule has 0 aromatic rings.